The van der Waals surface area contributed by atoms with Gasteiger partial charge in [0.15, 0.2) is 0 Å². The van der Waals surface area contributed by atoms with Crippen LogP contribution in [0.4, 0.5) is 0 Å². The Bertz CT molecular complexity index is 427. The summed E-state index contributed by atoms with van der Waals surface area (Å²) in [6, 6.07) is 2.28. The first-order valence-corrected chi connectivity index (χ1v) is 6.18. The lowest BCUT2D eigenvalue weighted by atomic mass is 9.94. The first kappa shape index (κ1) is 12.1. The van der Waals surface area contributed by atoms with E-state index in [0.717, 1.165) is 12.4 Å². The van der Waals surface area contributed by atoms with Gasteiger partial charge in [-0.05, 0) is 40.3 Å². The highest BCUT2D eigenvalue weighted by molar-refractivity contribution is 5.20. The zero-order chi connectivity index (χ0) is 12.5. The molecule has 0 bridgehead atoms. The third-order valence-electron chi connectivity index (χ3n) is 3.53. The van der Waals surface area contributed by atoms with Gasteiger partial charge in [0.1, 0.15) is 11.2 Å². The number of aromatic amines is 1. The Morgan fingerprint density at radius 3 is 3.00 bits per heavy atom. The lowest BCUT2D eigenvalue weighted by Crippen LogP contribution is -2.31. The normalized spacial score (nSPS) is 22.4. The number of hydrogen-bond acceptors (Lipinski definition) is 3. The number of rotatable bonds is 2. The van der Waals surface area contributed by atoms with Crippen LogP contribution in [-0.4, -0.2) is 35.0 Å². The van der Waals surface area contributed by atoms with E-state index in [1.807, 2.05) is 20.0 Å². The molecule has 1 N–H and O–H groups in total. The average Bonchev–Trinajstić information content (AvgIpc) is 2.79. The standard InChI is InChI=1S/C13H20N4/c1-13(2,9-14)12-15-7-11(16-12)10-5-4-6-17(3)8-10/h7,10H,4-6,8H2,1-3H3,(H,15,16). The minimum absolute atomic E-state index is 0.529. The molecule has 0 aliphatic carbocycles. The summed E-state index contributed by atoms with van der Waals surface area (Å²) in [6.07, 6.45) is 4.34. The van der Waals surface area contributed by atoms with E-state index >= 15 is 0 Å². The molecule has 1 aromatic heterocycles. The van der Waals surface area contributed by atoms with Crippen LogP contribution in [0.1, 0.15) is 44.1 Å². The molecule has 0 aromatic carbocycles. The molecule has 1 aromatic rings. The van der Waals surface area contributed by atoms with Crippen LogP contribution in [-0.2, 0) is 5.41 Å². The summed E-state index contributed by atoms with van der Waals surface area (Å²) in [5.74, 6) is 1.31. The summed E-state index contributed by atoms with van der Waals surface area (Å²) in [7, 11) is 2.16. The van der Waals surface area contributed by atoms with E-state index in [-0.39, 0.29) is 0 Å². The van der Waals surface area contributed by atoms with Gasteiger partial charge >= 0.3 is 0 Å². The molecule has 1 aliphatic rings. The van der Waals surface area contributed by atoms with Gasteiger partial charge in [-0.3, -0.25) is 0 Å². The maximum atomic E-state index is 9.09. The van der Waals surface area contributed by atoms with Crippen LogP contribution in [0.15, 0.2) is 6.20 Å². The Labute approximate surface area is 103 Å². The van der Waals surface area contributed by atoms with Gasteiger partial charge < -0.3 is 9.88 Å². The van der Waals surface area contributed by atoms with E-state index in [0.29, 0.717) is 5.92 Å². The van der Waals surface area contributed by atoms with E-state index in [4.69, 9.17) is 5.26 Å². The van der Waals surface area contributed by atoms with Crippen molar-refractivity contribution in [2.45, 2.75) is 38.0 Å². The Morgan fingerprint density at radius 1 is 1.59 bits per heavy atom. The Hall–Kier alpha value is -1.34. The number of H-pyrrole nitrogens is 1. The molecule has 1 unspecified atom stereocenters. The highest BCUT2D eigenvalue weighted by atomic mass is 15.1. The average molecular weight is 232 g/mol. The summed E-state index contributed by atoms with van der Waals surface area (Å²) < 4.78 is 0. The number of nitriles is 1. The monoisotopic (exact) mass is 232 g/mol. The van der Waals surface area contributed by atoms with Crippen molar-refractivity contribution in [3.63, 3.8) is 0 Å². The molecule has 1 aliphatic heterocycles. The van der Waals surface area contributed by atoms with E-state index in [2.05, 4.69) is 28.0 Å². The third-order valence-corrected chi connectivity index (χ3v) is 3.53. The zero-order valence-corrected chi connectivity index (χ0v) is 10.8. The van der Waals surface area contributed by atoms with E-state index in [1.165, 1.54) is 25.1 Å². The molecule has 2 heterocycles. The van der Waals surface area contributed by atoms with Crippen molar-refractivity contribution >= 4 is 0 Å². The Kier molecular flexibility index (Phi) is 3.21. The van der Waals surface area contributed by atoms with E-state index in [9.17, 15) is 0 Å². The smallest absolute Gasteiger partial charge is 0.126 e. The molecule has 0 saturated carbocycles. The molecule has 0 spiro atoms. The molecular weight excluding hydrogens is 212 g/mol. The summed E-state index contributed by atoms with van der Waals surface area (Å²) >= 11 is 0. The predicted molar refractivity (Wildman–Crippen MR) is 66.7 cm³/mol. The maximum absolute atomic E-state index is 9.09. The predicted octanol–water partition coefficient (Wildman–Crippen LogP) is 2.02. The third kappa shape index (κ3) is 2.50. The summed E-state index contributed by atoms with van der Waals surface area (Å²) in [6.45, 7) is 6.04. The minimum Gasteiger partial charge on any atom is -0.344 e. The van der Waals surface area contributed by atoms with Gasteiger partial charge in [-0.1, -0.05) is 0 Å². The van der Waals surface area contributed by atoms with E-state index < -0.39 is 5.41 Å². The van der Waals surface area contributed by atoms with Crippen molar-refractivity contribution in [2.75, 3.05) is 20.1 Å². The molecule has 0 radical (unpaired) electrons. The van der Waals surface area contributed by atoms with Gasteiger partial charge in [0.05, 0.1) is 6.07 Å². The van der Waals surface area contributed by atoms with Crippen LogP contribution in [0, 0.1) is 11.3 Å². The van der Waals surface area contributed by atoms with Gasteiger partial charge in [-0.2, -0.15) is 5.26 Å². The molecular formula is C13H20N4. The molecule has 92 valence electrons. The summed E-state index contributed by atoms with van der Waals surface area (Å²) in [4.78, 5) is 10.0. The number of likely N-dealkylation sites (N-methyl/N-ethyl adjacent to an activating group) is 1. The minimum atomic E-state index is -0.529. The van der Waals surface area contributed by atoms with Crippen molar-refractivity contribution < 1.29 is 0 Å². The van der Waals surface area contributed by atoms with Crippen LogP contribution in [0.3, 0.4) is 0 Å². The van der Waals surface area contributed by atoms with E-state index in [1.54, 1.807) is 0 Å². The highest BCUT2D eigenvalue weighted by Gasteiger charge is 2.26. The molecule has 4 heteroatoms. The quantitative estimate of drug-likeness (QED) is 0.848. The second-order valence-corrected chi connectivity index (χ2v) is 5.53. The van der Waals surface area contributed by atoms with Gasteiger partial charge in [0, 0.05) is 24.4 Å². The molecule has 1 atom stereocenters. The van der Waals surface area contributed by atoms with Crippen molar-refractivity contribution in [1.29, 1.82) is 5.26 Å². The van der Waals surface area contributed by atoms with Crippen LogP contribution >= 0.6 is 0 Å². The topological polar surface area (TPSA) is 55.7 Å². The zero-order valence-electron chi connectivity index (χ0n) is 10.8. The largest absolute Gasteiger partial charge is 0.344 e. The summed E-state index contributed by atoms with van der Waals surface area (Å²) in [5, 5.41) is 9.09. The first-order valence-electron chi connectivity index (χ1n) is 6.18. The fourth-order valence-corrected chi connectivity index (χ4v) is 2.33. The van der Waals surface area contributed by atoms with Crippen molar-refractivity contribution in [1.82, 2.24) is 14.9 Å². The molecule has 17 heavy (non-hydrogen) atoms. The van der Waals surface area contributed by atoms with Crippen molar-refractivity contribution in [2.24, 2.45) is 0 Å². The lowest BCUT2D eigenvalue weighted by Gasteiger charge is -2.28. The molecule has 0 amide bonds. The summed E-state index contributed by atoms with van der Waals surface area (Å²) in [5.41, 5.74) is 0.647. The van der Waals surface area contributed by atoms with Gasteiger partial charge in [0.25, 0.3) is 0 Å². The molecule has 4 nitrogen and oxygen atoms in total. The first-order chi connectivity index (χ1) is 8.03. The highest BCUT2D eigenvalue weighted by Crippen LogP contribution is 2.27. The van der Waals surface area contributed by atoms with Crippen LogP contribution in [0.5, 0.6) is 0 Å². The van der Waals surface area contributed by atoms with Crippen molar-refractivity contribution in [3.05, 3.63) is 17.7 Å². The molecule has 2 rings (SSSR count). The van der Waals surface area contributed by atoms with Crippen LogP contribution in [0.2, 0.25) is 0 Å². The number of imidazole rings is 1. The maximum Gasteiger partial charge on any atom is 0.126 e. The van der Waals surface area contributed by atoms with Gasteiger partial charge in [-0.25, -0.2) is 4.98 Å². The number of aromatic nitrogens is 2. The molecule has 1 fully saturated rings. The molecule has 1 saturated heterocycles. The second kappa shape index (κ2) is 4.50. The second-order valence-electron chi connectivity index (χ2n) is 5.53. The number of nitrogens with zero attached hydrogens (tertiary/aromatic N) is 3. The Morgan fingerprint density at radius 2 is 2.35 bits per heavy atom. The number of hydrogen-bond donors (Lipinski definition) is 1. The Balaban J connectivity index is 2.16. The number of nitrogens with one attached hydrogen (secondary N) is 1. The van der Waals surface area contributed by atoms with Crippen molar-refractivity contribution in [3.8, 4) is 6.07 Å². The van der Waals surface area contributed by atoms with Crippen LogP contribution in [0.25, 0.3) is 0 Å². The number of piperidine rings is 1. The van der Waals surface area contributed by atoms with Gasteiger partial charge in [-0.15, -0.1) is 0 Å². The SMILES string of the molecule is CN1CCCC(c2cnc(C(C)(C)C#N)[nH]2)C1. The fraction of sp³-hybridized carbons (Fsp3) is 0.692. The fourth-order valence-electron chi connectivity index (χ4n) is 2.33. The number of likely N-dealkylation sites (tertiary alicyclic amines) is 1. The van der Waals surface area contributed by atoms with Gasteiger partial charge in [0.2, 0.25) is 0 Å². The van der Waals surface area contributed by atoms with Crippen LogP contribution < -0.4 is 0 Å². The lowest BCUT2D eigenvalue weighted by molar-refractivity contribution is 0.248.